The first kappa shape index (κ1) is 8.97. The van der Waals surface area contributed by atoms with Crippen molar-refractivity contribution in [1.82, 2.24) is 0 Å². The molecule has 1 fully saturated rings. The summed E-state index contributed by atoms with van der Waals surface area (Å²) in [5.41, 5.74) is 5.50. The van der Waals surface area contributed by atoms with E-state index in [1.807, 2.05) is 13.8 Å². The Kier molecular flexibility index (Phi) is 2.52. The van der Waals surface area contributed by atoms with Crippen LogP contribution in [0.2, 0.25) is 0 Å². The number of hydrogen-bond donors (Lipinski definition) is 2. The zero-order valence-electron chi connectivity index (χ0n) is 7.21. The highest BCUT2D eigenvalue weighted by atomic mass is 16.5. The zero-order chi connectivity index (χ0) is 8.48. The summed E-state index contributed by atoms with van der Waals surface area (Å²) in [6.45, 7) is 4.05. The number of nitrogens with two attached hydrogens (primary N) is 1. The van der Waals surface area contributed by atoms with Gasteiger partial charge in [-0.2, -0.15) is 0 Å². The Morgan fingerprint density at radius 2 is 1.91 bits per heavy atom. The molecule has 1 heterocycles. The monoisotopic (exact) mass is 159 g/mol. The van der Waals surface area contributed by atoms with Gasteiger partial charge in [0.05, 0.1) is 18.8 Å². The minimum atomic E-state index is -0.406. The number of aliphatic hydroxyl groups excluding tert-OH is 1. The van der Waals surface area contributed by atoms with E-state index in [0.29, 0.717) is 0 Å². The van der Waals surface area contributed by atoms with Crippen molar-refractivity contribution in [1.29, 1.82) is 0 Å². The summed E-state index contributed by atoms with van der Waals surface area (Å²) in [6.07, 6.45) is 1.87. The third kappa shape index (κ3) is 2.15. The normalized spacial score (nSPS) is 45.8. The van der Waals surface area contributed by atoms with Gasteiger partial charge in [-0.15, -0.1) is 0 Å². The molecule has 11 heavy (non-hydrogen) atoms. The number of rotatable bonds is 1. The average Bonchev–Trinajstić information content (AvgIpc) is 1.84. The molecule has 0 radical (unpaired) electrons. The Morgan fingerprint density at radius 1 is 1.45 bits per heavy atom. The Hall–Kier alpha value is -0.120. The van der Waals surface area contributed by atoms with Crippen molar-refractivity contribution in [3.05, 3.63) is 0 Å². The van der Waals surface area contributed by atoms with E-state index < -0.39 is 5.54 Å². The van der Waals surface area contributed by atoms with Crippen molar-refractivity contribution in [2.75, 3.05) is 6.61 Å². The van der Waals surface area contributed by atoms with Gasteiger partial charge in [0, 0.05) is 5.54 Å². The third-order valence-corrected chi connectivity index (χ3v) is 2.17. The van der Waals surface area contributed by atoms with E-state index in [2.05, 4.69) is 0 Å². The van der Waals surface area contributed by atoms with Crippen LogP contribution < -0.4 is 5.73 Å². The minimum absolute atomic E-state index is 0.0606. The second-order valence-electron chi connectivity index (χ2n) is 3.69. The molecule has 3 nitrogen and oxygen atoms in total. The van der Waals surface area contributed by atoms with Crippen LogP contribution in [0.4, 0.5) is 0 Å². The molecule has 2 unspecified atom stereocenters. The lowest BCUT2D eigenvalue weighted by molar-refractivity contribution is -0.0708. The third-order valence-electron chi connectivity index (χ3n) is 2.17. The van der Waals surface area contributed by atoms with Crippen LogP contribution in [0.3, 0.4) is 0 Å². The van der Waals surface area contributed by atoms with Crippen molar-refractivity contribution in [2.45, 2.75) is 44.4 Å². The van der Waals surface area contributed by atoms with E-state index in [1.165, 1.54) is 0 Å². The molecule has 0 spiro atoms. The van der Waals surface area contributed by atoms with Gasteiger partial charge >= 0.3 is 0 Å². The molecule has 0 aromatic heterocycles. The van der Waals surface area contributed by atoms with Crippen molar-refractivity contribution in [2.24, 2.45) is 5.73 Å². The zero-order valence-corrected chi connectivity index (χ0v) is 7.21. The molecule has 0 aliphatic carbocycles. The van der Waals surface area contributed by atoms with Crippen molar-refractivity contribution >= 4 is 0 Å². The van der Waals surface area contributed by atoms with Crippen LogP contribution in [0, 0.1) is 0 Å². The van der Waals surface area contributed by atoms with Crippen LogP contribution >= 0.6 is 0 Å². The summed E-state index contributed by atoms with van der Waals surface area (Å²) in [5, 5.41) is 9.01. The van der Waals surface area contributed by atoms with Crippen LogP contribution in [-0.2, 0) is 4.74 Å². The topological polar surface area (TPSA) is 55.5 Å². The van der Waals surface area contributed by atoms with Gasteiger partial charge in [0.1, 0.15) is 0 Å². The van der Waals surface area contributed by atoms with E-state index in [0.717, 1.165) is 12.8 Å². The standard InChI is InChI=1S/C8H17NO2/c1-6-3-8(9,5-10)4-7(2)11-6/h6-7,10H,3-5,9H2,1-2H3. The minimum Gasteiger partial charge on any atom is -0.394 e. The Balaban J connectivity index is 2.55. The van der Waals surface area contributed by atoms with E-state index in [1.54, 1.807) is 0 Å². The van der Waals surface area contributed by atoms with Gasteiger partial charge in [-0.25, -0.2) is 0 Å². The van der Waals surface area contributed by atoms with Crippen molar-refractivity contribution in [3.63, 3.8) is 0 Å². The molecule has 0 bridgehead atoms. The fourth-order valence-corrected chi connectivity index (χ4v) is 1.85. The molecule has 0 saturated carbocycles. The molecule has 3 N–H and O–H groups in total. The first-order valence-corrected chi connectivity index (χ1v) is 4.11. The molecule has 1 aliphatic heterocycles. The lowest BCUT2D eigenvalue weighted by atomic mass is 9.86. The van der Waals surface area contributed by atoms with Crippen LogP contribution in [0.5, 0.6) is 0 Å². The summed E-state index contributed by atoms with van der Waals surface area (Å²) in [4.78, 5) is 0. The highest BCUT2D eigenvalue weighted by Crippen LogP contribution is 2.25. The van der Waals surface area contributed by atoms with Gasteiger partial charge in [0.25, 0.3) is 0 Å². The fraction of sp³-hybridized carbons (Fsp3) is 1.00. The maximum atomic E-state index is 9.01. The summed E-state index contributed by atoms with van der Waals surface area (Å²) >= 11 is 0. The molecular formula is C8H17NO2. The molecule has 1 rings (SSSR count). The molecule has 66 valence electrons. The molecule has 0 aromatic rings. The average molecular weight is 159 g/mol. The highest BCUT2D eigenvalue weighted by Gasteiger charge is 2.34. The van der Waals surface area contributed by atoms with E-state index >= 15 is 0 Å². The second kappa shape index (κ2) is 3.09. The maximum Gasteiger partial charge on any atom is 0.0613 e. The van der Waals surface area contributed by atoms with Gasteiger partial charge in [-0.05, 0) is 26.7 Å². The summed E-state index contributed by atoms with van der Waals surface area (Å²) in [7, 11) is 0. The predicted molar refractivity (Wildman–Crippen MR) is 43.2 cm³/mol. The van der Waals surface area contributed by atoms with E-state index in [-0.39, 0.29) is 18.8 Å². The summed E-state index contributed by atoms with van der Waals surface area (Å²) in [6, 6.07) is 0. The van der Waals surface area contributed by atoms with E-state index in [4.69, 9.17) is 15.6 Å². The smallest absolute Gasteiger partial charge is 0.0613 e. The van der Waals surface area contributed by atoms with Gasteiger partial charge < -0.3 is 15.6 Å². The van der Waals surface area contributed by atoms with Crippen LogP contribution in [0.25, 0.3) is 0 Å². The Bertz CT molecular complexity index is 128. The number of aliphatic hydroxyl groups is 1. The summed E-state index contributed by atoms with van der Waals surface area (Å²) in [5.74, 6) is 0. The molecule has 2 atom stereocenters. The first-order valence-electron chi connectivity index (χ1n) is 4.11. The molecule has 0 aromatic carbocycles. The highest BCUT2D eigenvalue weighted by molar-refractivity contribution is 4.91. The molecular weight excluding hydrogens is 142 g/mol. The second-order valence-corrected chi connectivity index (χ2v) is 3.69. The number of hydrogen-bond acceptors (Lipinski definition) is 3. The Morgan fingerprint density at radius 3 is 2.27 bits per heavy atom. The van der Waals surface area contributed by atoms with Gasteiger partial charge in [0.2, 0.25) is 0 Å². The van der Waals surface area contributed by atoms with Crippen molar-refractivity contribution in [3.8, 4) is 0 Å². The molecule has 3 heteroatoms. The lowest BCUT2D eigenvalue weighted by Gasteiger charge is -2.38. The van der Waals surface area contributed by atoms with Crippen molar-refractivity contribution < 1.29 is 9.84 Å². The van der Waals surface area contributed by atoms with E-state index in [9.17, 15) is 0 Å². The lowest BCUT2D eigenvalue weighted by Crippen LogP contribution is -2.52. The van der Waals surface area contributed by atoms with Crippen LogP contribution in [0.1, 0.15) is 26.7 Å². The number of ether oxygens (including phenoxy) is 1. The predicted octanol–water partition coefficient (Wildman–Crippen LogP) is 0.264. The van der Waals surface area contributed by atoms with Crippen LogP contribution in [-0.4, -0.2) is 29.5 Å². The quantitative estimate of drug-likeness (QED) is 0.577. The largest absolute Gasteiger partial charge is 0.394 e. The fourth-order valence-electron chi connectivity index (χ4n) is 1.85. The summed E-state index contributed by atoms with van der Waals surface area (Å²) < 4.78 is 5.49. The molecule has 1 saturated heterocycles. The van der Waals surface area contributed by atoms with Gasteiger partial charge in [-0.1, -0.05) is 0 Å². The first-order chi connectivity index (χ1) is 5.06. The van der Waals surface area contributed by atoms with Gasteiger partial charge in [-0.3, -0.25) is 0 Å². The SMILES string of the molecule is CC1CC(N)(CO)CC(C)O1. The Labute approximate surface area is 67.5 Å². The molecule has 0 amide bonds. The maximum absolute atomic E-state index is 9.01. The van der Waals surface area contributed by atoms with Gasteiger partial charge in [0.15, 0.2) is 0 Å². The van der Waals surface area contributed by atoms with Crippen LogP contribution in [0.15, 0.2) is 0 Å². The molecule has 1 aliphatic rings.